The van der Waals surface area contributed by atoms with Crippen LogP contribution in [-0.2, 0) is 6.54 Å². The highest BCUT2D eigenvalue weighted by Crippen LogP contribution is 2.05. The lowest BCUT2D eigenvalue weighted by atomic mass is 10.3. The van der Waals surface area contributed by atoms with Crippen molar-refractivity contribution in [2.75, 3.05) is 18.4 Å². The van der Waals surface area contributed by atoms with Crippen molar-refractivity contribution in [3.63, 3.8) is 0 Å². The third-order valence-electron chi connectivity index (χ3n) is 3.06. The fourth-order valence-corrected chi connectivity index (χ4v) is 1.97. The third kappa shape index (κ3) is 4.91. The van der Waals surface area contributed by atoms with Gasteiger partial charge in [-0.1, -0.05) is 0 Å². The molecule has 0 aromatic carbocycles. The number of amides is 1. The Kier molecular flexibility index (Phi) is 5.75. The molecule has 0 radical (unpaired) electrons. The largest absolute Gasteiger partial charge is 0.384 e. The van der Waals surface area contributed by atoms with Crippen LogP contribution in [0.1, 0.15) is 30.3 Å². The summed E-state index contributed by atoms with van der Waals surface area (Å²) in [7, 11) is 0. The van der Waals surface area contributed by atoms with Crippen molar-refractivity contribution in [3.8, 4) is 0 Å². The molecule has 112 valence electrons. The highest BCUT2D eigenvalue weighted by atomic mass is 16.1. The maximum absolute atomic E-state index is 11.9. The smallest absolute Gasteiger partial charge is 0.269 e. The lowest BCUT2D eigenvalue weighted by molar-refractivity contribution is 0.0948. The molecule has 21 heavy (non-hydrogen) atoms. The highest BCUT2D eigenvalue weighted by Gasteiger charge is 2.05. The molecular weight excluding hydrogens is 266 g/mol. The molecule has 1 amide bonds. The van der Waals surface area contributed by atoms with Crippen LogP contribution >= 0.6 is 0 Å². The number of carbonyl (C=O) groups excluding carboxylic acids is 1. The number of hydrogen-bond acceptors (Lipinski definition) is 4. The highest BCUT2D eigenvalue weighted by molar-refractivity contribution is 5.92. The monoisotopic (exact) mass is 287 g/mol. The van der Waals surface area contributed by atoms with E-state index in [2.05, 4.69) is 20.6 Å². The molecule has 0 fully saturated rings. The standard InChI is InChI=1S/C15H21N5O/c1-2-17-13-5-6-14(19-11-13)15(21)18-7-3-4-9-20-10-8-16-12-20/h5-6,8,10-12,17H,2-4,7,9H2,1H3,(H,18,21). The number of carbonyl (C=O) groups is 1. The van der Waals surface area contributed by atoms with Crippen molar-refractivity contribution in [1.29, 1.82) is 0 Å². The van der Waals surface area contributed by atoms with Crippen LogP contribution in [0.15, 0.2) is 37.1 Å². The lowest BCUT2D eigenvalue weighted by Gasteiger charge is -2.06. The van der Waals surface area contributed by atoms with E-state index >= 15 is 0 Å². The zero-order valence-electron chi connectivity index (χ0n) is 12.2. The van der Waals surface area contributed by atoms with Crippen LogP contribution < -0.4 is 10.6 Å². The van der Waals surface area contributed by atoms with Crippen LogP contribution in [-0.4, -0.2) is 33.5 Å². The Morgan fingerprint density at radius 2 is 2.24 bits per heavy atom. The molecule has 0 saturated carbocycles. The van der Waals surface area contributed by atoms with E-state index < -0.39 is 0 Å². The predicted molar refractivity (Wildman–Crippen MR) is 82.2 cm³/mol. The fraction of sp³-hybridized carbons (Fsp3) is 0.400. The average Bonchev–Trinajstić information content (AvgIpc) is 3.01. The fourth-order valence-electron chi connectivity index (χ4n) is 1.97. The van der Waals surface area contributed by atoms with Crippen molar-refractivity contribution in [1.82, 2.24) is 19.9 Å². The number of imidazole rings is 1. The summed E-state index contributed by atoms with van der Waals surface area (Å²) in [5.41, 5.74) is 1.38. The van der Waals surface area contributed by atoms with Crippen LogP contribution in [0.25, 0.3) is 0 Å². The first-order chi connectivity index (χ1) is 10.3. The Labute approximate surface area is 124 Å². The first kappa shape index (κ1) is 15.0. The summed E-state index contributed by atoms with van der Waals surface area (Å²) in [5.74, 6) is -0.124. The van der Waals surface area contributed by atoms with Gasteiger partial charge in [0.25, 0.3) is 5.91 Å². The number of rotatable bonds is 8. The average molecular weight is 287 g/mol. The van der Waals surface area contributed by atoms with Gasteiger partial charge in [0, 0.05) is 32.0 Å². The van der Waals surface area contributed by atoms with Crippen molar-refractivity contribution in [2.24, 2.45) is 0 Å². The molecule has 2 aromatic heterocycles. The molecule has 2 heterocycles. The molecule has 0 aliphatic carbocycles. The number of unbranched alkanes of at least 4 members (excludes halogenated alkanes) is 1. The molecule has 6 nitrogen and oxygen atoms in total. The van der Waals surface area contributed by atoms with Crippen LogP contribution in [0.4, 0.5) is 5.69 Å². The minimum Gasteiger partial charge on any atom is -0.384 e. The van der Waals surface area contributed by atoms with Gasteiger partial charge in [0.1, 0.15) is 5.69 Å². The molecule has 2 N–H and O–H groups in total. The van der Waals surface area contributed by atoms with Gasteiger partial charge < -0.3 is 15.2 Å². The van der Waals surface area contributed by atoms with Gasteiger partial charge in [0.15, 0.2) is 0 Å². The van der Waals surface area contributed by atoms with Gasteiger partial charge in [-0.25, -0.2) is 9.97 Å². The summed E-state index contributed by atoms with van der Waals surface area (Å²) in [6, 6.07) is 3.60. The second kappa shape index (κ2) is 8.04. The SMILES string of the molecule is CCNc1ccc(C(=O)NCCCCn2ccnc2)nc1. The van der Waals surface area contributed by atoms with Gasteiger partial charge in [-0.2, -0.15) is 0 Å². The van der Waals surface area contributed by atoms with Crippen molar-refractivity contribution < 1.29 is 4.79 Å². The molecule has 0 aliphatic heterocycles. The number of anilines is 1. The van der Waals surface area contributed by atoms with E-state index in [4.69, 9.17) is 0 Å². The quantitative estimate of drug-likeness (QED) is 0.728. The first-order valence-corrected chi connectivity index (χ1v) is 7.23. The van der Waals surface area contributed by atoms with E-state index in [0.717, 1.165) is 31.6 Å². The molecular formula is C15H21N5O. The van der Waals surface area contributed by atoms with Gasteiger partial charge in [0.05, 0.1) is 18.2 Å². The summed E-state index contributed by atoms with van der Waals surface area (Å²) >= 11 is 0. The van der Waals surface area contributed by atoms with Crippen LogP contribution in [0, 0.1) is 0 Å². The van der Waals surface area contributed by atoms with E-state index in [0.29, 0.717) is 12.2 Å². The molecule has 0 saturated heterocycles. The number of aromatic nitrogens is 3. The summed E-state index contributed by atoms with van der Waals surface area (Å²) in [6.45, 7) is 4.43. The van der Waals surface area contributed by atoms with Gasteiger partial charge in [-0.3, -0.25) is 4.79 Å². The van der Waals surface area contributed by atoms with Gasteiger partial charge in [-0.05, 0) is 31.9 Å². The van der Waals surface area contributed by atoms with Gasteiger partial charge in [-0.15, -0.1) is 0 Å². The zero-order chi connectivity index (χ0) is 14.9. The number of aryl methyl sites for hydroxylation is 1. The van der Waals surface area contributed by atoms with Gasteiger partial charge in [0.2, 0.25) is 0 Å². The number of nitrogens with one attached hydrogen (secondary N) is 2. The molecule has 0 unspecified atom stereocenters. The molecule has 2 aromatic rings. The third-order valence-corrected chi connectivity index (χ3v) is 3.06. The Morgan fingerprint density at radius 1 is 1.33 bits per heavy atom. The summed E-state index contributed by atoms with van der Waals surface area (Å²) in [6.07, 6.45) is 9.12. The molecule has 6 heteroatoms. The number of pyridine rings is 1. The Hall–Kier alpha value is -2.37. The van der Waals surface area contributed by atoms with Crippen LogP contribution in [0.3, 0.4) is 0 Å². The zero-order valence-corrected chi connectivity index (χ0v) is 12.2. The van der Waals surface area contributed by atoms with E-state index in [1.54, 1.807) is 24.8 Å². The minimum absolute atomic E-state index is 0.124. The molecule has 0 aliphatic rings. The van der Waals surface area contributed by atoms with E-state index in [1.165, 1.54) is 0 Å². The maximum Gasteiger partial charge on any atom is 0.269 e. The van der Waals surface area contributed by atoms with Crippen molar-refractivity contribution in [3.05, 3.63) is 42.7 Å². The minimum atomic E-state index is -0.124. The maximum atomic E-state index is 11.9. The van der Waals surface area contributed by atoms with Crippen LogP contribution in [0.5, 0.6) is 0 Å². The second-order valence-electron chi connectivity index (χ2n) is 4.73. The molecule has 0 atom stereocenters. The molecule has 2 rings (SSSR count). The van der Waals surface area contributed by atoms with E-state index in [-0.39, 0.29) is 5.91 Å². The Morgan fingerprint density at radius 3 is 2.90 bits per heavy atom. The summed E-state index contributed by atoms with van der Waals surface area (Å²) in [4.78, 5) is 20.0. The van der Waals surface area contributed by atoms with Gasteiger partial charge >= 0.3 is 0 Å². The molecule has 0 spiro atoms. The Bertz CT molecular complexity index is 536. The second-order valence-corrected chi connectivity index (χ2v) is 4.73. The number of nitrogens with zero attached hydrogens (tertiary/aromatic N) is 3. The normalized spacial score (nSPS) is 10.3. The lowest BCUT2D eigenvalue weighted by Crippen LogP contribution is -2.25. The number of hydrogen-bond donors (Lipinski definition) is 2. The molecule has 0 bridgehead atoms. The van der Waals surface area contributed by atoms with Crippen molar-refractivity contribution in [2.45, 2.75) is 26.3 Å². The van der Waals surface area contributed by atoms with Crippen LogP contribution in [0.2, 0.25) is 0 Å². The summed E-state index contributed by atoms with van der Waals surface area (Å²) in [5, 5.41) is 6.03. The summed E-state index contributed by atoms with van der Waals surface area (Å²) < 4.78 is 2.03. The predicted octanol–water partition coefficient (Wildman–Crippen LogP) is 1.92. The Balaban J connectivity index is 1.66. The van der Waals surface area contributed by atoms with E-state index in [9.17, 15) is 4.79 Å². The van der Waals surface area contributed by atoms with Crippen molar-refractivity contribution >= 4 is 11.6 Å². The van der Waals surface area contributed by atoms with E-state index in [1.807, 2.05) is 23.8 Å². The first-order valence-electron chi connectivity index (χ1n) is 7.23. The topological polar surface area (TPSA) is 71.8 Å².